The van der Waals surface area contributed by atoms with Crippen molar-refractivity contribution in [1.82, 2.24) is 9.62 Å². The van der Waals surface area contributed by atoms with E-state index in [9.17, 15) is 13.2 Å². The van der Waals surface area contributed by atoms with E-state index in [4.69, 9.17) is 0 Å². The fourth-order valence-electron chi connectivity index (χ4n) is 1.42. The Hall–Kier alpha value is -0.620. The summed E-state index contributed by atoms with van der Waals surface area (Å²) in [7, 11) is -3.23. The average molecular weight is 264 g/mol. The van der Waals surface area contributed by atoms with Crippen LogP contribution in [-0.4, -0.2) is 44.0 Å². The predicted octanol–water partition coefficient (Wildman–Crippen LogP) is 0.819. The van der Waals surface area contributed by atoms with Crippen LogP contribution >= 0.6 is 0 Å². The van der Waals surface area contributed by atoms with Crippen LogP contribution in [0.5, 0.6) is 0 Å². The van der Waals surface area contributed by atoms with Gasteiger partial charge in [-0.1, -0.05) is 13.8 Å². The Kier molecular flexibility index (Phi) is 6.70. The van der Waals surface area contributed by atoms with E-state index in [-0.39, 0.29) is 30.8 Å². The van der Waals surface area contributed by atoms with Crippen molar-refractivity contribution < 1.29 is 13.2 Å². The van der Waals surface area contributed by atoms with Gasteiger partial charge in [0.25, 0.3) is 0 Å². The third-order valence-electron chi connectivity index (χ3n) is 2.08. The smallest absolute Gasteiger partial charge is 0.221 e. The number of carbonyl (C=O) groups excluding carboxylic acids is 1. The lowest BCUT2D eigenvalue weighted by atomic mass is 10.2. The largest absolute Gasteiger partial charge is 0.354 e. The minimum absolute atomic E-state index is 0.0827. The van der Waals surface area contributed by atoms with Crippen LogP contribution in [0.15, 0.2) is 0 Å². The van der Waals surface area contributed by atoms with Crippen molar-refractivity contribution in [3.63, 3.8) is 0 Å². The van der Waals surface area contributed by atoms with Gasteiger partial charge in [0.05, 0.1) is 6.26 Å². The van der Waals surface area contributed by atoms with Crippen LogP contribution in [-0.2, 0) is 14.8 Å². The molecule has 0 aromatic rings. The first kappa shape index (κ1) is 16.4. The molecule has 1 N–H and O–H groups in total. The van der Waals surface area contributed by atoms with E-state index < -0.39 is 10.0 Å². The summed E-state index contributed by atoms with van der Waals surface area (Å²) in [5.41, 5.74) is 0. The Bertz CT molecular complexity index is 337. The molecule has 0 rings (SSSR count). The summed E-state index contributed by atoms with van der Waals surface area (Å²) in [5, 5.41) is 2.74. The molecule has 1 amide bonds. The number of hydrogen-bond donors (Lipinski definition) is 1. The number of sulfonamides is 1. The maximum atomic E-state index is 11.5. The lowest BCUT2D eigenvalue weighted by Crippen LogP contribution is -2.38. The van der Waals surface area contributed by atoms with Crippen LogP contribution in [0.25, 0.3) is 0 Å². The van der Waals surface area contributed by atoms with E-state index in [1.807, 2.05) is 27.7 Å². The third-order valence-corrected chi connectivity index (χ3v) is 3.35. The van der Waals surface area contributed by atoms with Gasteiger partial charge in [0, 0.05) is 25.6 Å². The molecule has 0 saturated carbocycles. The summed E-state index contributed by atoms with van der Waals surface area (Å²) in [4.78, 5) is 11.4. The lowest BCUT2D eigenvalue weighted by molar-refractivity contribution is -0.121. The molecule has 17 heavy (non-hydrogen) atoms. The highest BCUT2D eigenvalue weighted by atomic mass is 32.2. The number of rotatable bonds is 7. The number of amides is 1. The fraction of sp³-hybridized carbons (Fsp3) is 0.909. The number of hydrogen-bond acceptors (Lipinski definition) is 3. The number of nitrogens with zero attached hydrogens (tertiary/aromatic N) is 1. The number of nitrogens with one attached hydrogen (secondary N) is 1. The van der Waals surface area contributed by atoms with Crippen LogP contribution in [0.4, 0.5) is 0 Å². The van der Waals surface area contributed by atoms with Gasteiger partial charge in [-0.2, -0.15) is 0 Å². The van der Waals surface area contributed by atoms with Crippen molar-refractivity contribution in [2.45, 2.75) is 40.2 Å². The van der Waals surface area contributed by atoms with Crippen LogP contribution in [0.1, 0.15) is 34.1 Å². The zero-order valence-electron chi connectivity index (χ0n) is 11.4. The molecule has 0 aliphatic carbocycles. The standard InChI is InChI=1S/C11H24N2O3S/c1-9(2)8-13(17(5,15)16)7-6-11(14)12-10(3)4/h9-10H,6-8H2,1-5H3,(H,12,14). The molecule has 0 spiro atoms. The van der Waals surface area contributed by atoms with Crippen LogP contribution < -0.4 is 5.32 Å². The molecule has 0 aliphatic rings. The molecule has 0 aromatic heterocycles. The summed E-state index contributed by atoms with van der Waals surface area (Å²) < 4.78 is 24.4. The van der Waals surface area contributed by atoms with Gasteiger partial charge in [-0.15, -0.1) is 0 Å². The molecule has 0 fully saturated rings. The van der Waals surface area contributed by atoms with Gasteiger partial charge < -0.3 is 5.32 Å². The minimum Gasteiger partial charge on any atom is -0.354 e. The van der Waals surface area contributed by atoms with Crippen molar-refractivity contribution >= 4 is 15.9 Å². The molecule has 0 unspecified atom stereocenters. The molecular formula is C11H24N2O3S. The van der Waals surface area contributed by atoms with Gasteiger partial charge in [-0.25, -0.2) is 12.7 Å². The summed E-state index contributed by atoms with van der Waals surface area (Å²) in [6.45, 7) is 8.35. The van der Waals surface area contributed by atoms with Crippen molar-refractivity contribution in [2.75, 3.05) is 19.3 Å². The Morgan fingerprint density at radius 2 is 1.76 bits per heavy atom. The quantitative estimate of drug-likeness (QED) is 0.740. The van der Waals surface area contributed by atoms with Crippen molar-refractivity contribution in [3.8, 4) is 0 Å². The summed E-state index contributed by atoms with van der Waals surface area (Å²) in [6.07, 6.45) is 1.38. The van der Waals surface area contributed by atoms with E-state index in [0.717, 1.165) is 0 Å². The van der Waals surface area contributed by atoms with Crippen LogP contribution in [0, 0.1) is 5.92 Å². The van der Waals surface area contributed by atoms with Crippen LogP contribution in [0.2, 0.25) is 0 Å². The molecule has 0 radical (unpaired) electrons. The van der Waals surface area contributed by atoms with Gasteiger partial charge in [-0.05, 0) is 19.8 Å². The van der Waals surface area contributed by atoms with Gasteiger partial charge in [0.2, 0.25) is 15.9 Å². The number of carbonyl (C=O) groups is 1. The first-order chi connectivity index (χ1) is 7.62. The molecule has 5 nitrogen and oxygen atoms in total. The maximum Gasteiger partial charge on any atom is 0.221 e. The monoisotopic (exact) mass is 264 g/mol. The Balaban J connectivity index is 4.32. The van der Waals surface area contributed by atoms with E-state index in [1.54, 1.807) is 0 Å². The molecule has 0 aliphatic heterocycles. The zero-order chi connectivity index (χ0) is 13.6. The van der Waals surface area contributed by atoms with E-state index in [0.29, 0.717) is 6.54 Å². The Morgan fingerprint density at radius 3 is 2.12 bits per heavy atom. The summed E-state index contributed by atoms with van der Waals surface area (Å²) >= 11 is 0. The molecule has 6 heteroatoms. The van der Waals surface area contributed by atoms with Crippen molar-refractivity contribution in [1.29, 1.82) is 0 Å². The third kappa shape index (κ3) is 8.15. The molecule has 102 valence electrons. The highest BCUT2D eigenvalue weighted by Gasteiger charge is 2.18. The summed E-state index contributed by atoms with van der Waals surface area (Å²) in [5.74, 6) is 0.135. The fourth-order valence-corrected chi connectivity index (χ4v) is 2.41. The first-order valence-corrected chi connectivity index (χ1v) is 7.72. The van der Waals surface area contributed by atoms with Gasteiger partial charge in [-0.3, -0.25) is 4.79 Å². The molecule has 0 saturated heterocycles. The first-order valence-electron chi connectivity index (χ1n) is 5.87. The average Bonchev–Trinajstić information content (AvgIpc) is 2.08. The molecule has 0 bridgehead atoms. The zero-order valence-corrected chi connectivity index (χ0v) is 12.2. The van der Waals surface area contributed by atoms with Crippen molar-refractivity contribution in [3.05, 3.63) is 0 Å². The molecule has 0 heterocycles. The van der Waals surface area contributed by atoms with E-state index in [2.05, 4.69) is 5.32 Å². The normalized spacial score (nSPS) is 12.5. The highest BCUT2D eigenvalue weighted by Crippen LogP contribution is 2.05. The van der Waals surface area contributed by atoms with Crippen molar-refractivity contribution in [2.24, 2.45) is 5.92 Å². The lowest BCUT2D eigenvalue weighted by Gasteiger charge is -2.21. The second kappa shape index (κ2) is 6.96. The Labute approximate surface area is 105 Å². The molecular weight excluding hydrogens is 240 g/mol. The maximum absolute atomic E-state index is 11.5. The minimum atomic E-state index is -3.23. The van der Waals surface area contributed by atoms with Crippen LogP contribution in [0.3, 0.4) is 0 Å². The topological polar surface area (TPSA) is 66.5 Å². The second-order valence-corrected chi connectivity index (χ2v) is 6.97. The second-order valence-electron chi connectivity index (χ2n) is 4.99. The van der Waals surface area contributed by atoms with E-state index >= 15 is 0 Å². The summed E-state index contributed by atoms with van der Waals surface area (Å²) in [6, 6.07) is 0.0827. The Morgan fingerprint density at radius 1 is 1.24 bits per heavy atom. The van der Waals surface area contributed by atoms with Gasteiger partial charge in [0.1, 0.15) is 0 Å². The molecule has 0 aromatic carbocycles. The highest BCUT2D eigenvalue weighted by molar-refractivity contribution is 7.88. The molecule has 0 atom stereocenters. The van der Waals surface area contributed by atoms with Gasteiger partial charge in [0.15, 0.2) is 0 Å². The van der Waals surface area contributed by atoms with Gasteiger partial charge >= 0.3 is 0 Å². The van der Waals surface area contributed by atoms with E-state index in [1.165, 1.54) is 10.6 Å². The predicted molar refractivity (Wildman–Crippen MR) is 69.2 cm³/mol. The SMILES string of the molecule is CC(C)CN(CCC(=O)NC(C)C)S(C)(=O)=O.